The van der Waals surface area contributed by atoms with Crippen molar-refractivity contribution in [1.82, 2.24) is 15.3 Å². The Morgan fingerprint density at radius 3 is 2.37 bits per heavy atom. The van der Waals surface area contributed by atoms with Crippen LogP contribution in [0.15, 0.2) is 60.7 Å². The van der Waals surface area contributed by atoms with Gasteiger partial charge in [0.25, 0.3) is 5.91 Å². The number of nitrogens with two attached hydrogens (primary N) is 1. The Balaban J connectivity index is 1.59. The van der Waals surface area contributed by atoms with Crippen LogP contribution in [-0.2, 0) is 20.4 Å². The van der Waals surface area contributed by atoms with Crippen LogP contribution in [0.2, 0.25) is 0 Å². The maximum atomic E-state index is 14.9. The molecule has 0 bridgehead atoms. The Bertz CT molecular complexity index is 1730. The van der Waals surface area contributed by atoms with Crippen LogP contribution >= 0.6 is 11.3 Å². The van der Waals surface area contributed by atoms with Gasteiger partial charge in [-0.2, -0.15) is 13.2 Å². The maximum Gasteiger partial charge on any atom is 0.408 e. The third-order valence-electron chi connectivity index (χ3n) is 7.45. The Morgan fingerprint density at radius 2 is 1.77 bits per heavy atom. The number of nitrogens with one attached hydrogen (secondary N) is 1. The normalized spacial score (nSPS) is 17.4. The predicted octanol–water partition coefficient (Wildman–Crippen LogP) is 4.88. The summed E-state index contributed by atoms with van der Waals surface area (Å²) < 4.78 is 64.1. The van der Waals surface area contributed by atoms with Crippen LogP contribution in [0.5, 0.6) is 5.75 Å². The van der Waals surface area contributed by atoms with E-state index in [-0.39, 0.29) is 40.3 Å². The molecule has 222 valence electrons. The van der Waals surface area contributed by atoms with E-state index < -0.39 is 46.9 Å². The smallest absolute Gasteiger partial charge is 0.408 e. The number of pyridine rings is 1. The molecule has 0 saturated carbocycles. The van der Waals surface area contributed by atoms with Crippen molar-refractivity contribution < 1.29 is 36.7 Å². The quantitative estimate of drug-likeness (QED) is 0.216. The second-order valence-corrected chi connectivity index (χ2v) is 11.3. The predicted molar refractivity (Wildman–Crippen MR) is 150 cm³/mol. The average molecular weight is 613 g/mol. The standard InChI is InChI=1S/C30H24F4N4O4S/c1-16-24(43-26(37-16)18-6-4-3-5-7-18)25(40)36-13-29(14-39,30(32,33)34)21-12-20-23(42-15-28(20,2)27(35)41)22(38-21)17-8-10-19(31)11-9-17/h3-12,14H,13,15H2,1-2H3,(H2,35,41)(H,36,40)/t28-,29?/m0/s1. The van der Waals surface area contributed by atoms with E-state index in [1.165, 1.54) is 19.1 Å². The molecule has 0 fully saturated rings. The molecule has 2 aromatic carbocycles. The number of carbonyl (C=O) groups excluding carboxylic acids is 3. The van der Waals surface area contributed by atoms with Gasteiger partial charge in [0.2, 0.25) is 5.91 Å². The number of fused-ring (bicyclic) bond motifs is 1. The number of aldehydes is 1. The zero-order valence-corrected chi connectivity index (χ0v) is 23.6. The van der Waals surface area contributed by atoms with E-state index in [2.05, 4.69) is 15.3 Å². The summed E-state index contributed by atoms with van der Waals surface area (Å²) in [6, 6.07) is 14.6. The van der Waals surface area contributed by atoms with Crippen molar-refractivity contribution in [3.05, 3.63) is 88.3 Å². The lowest BCUT2D eigenvalue weighted by atomic mass is 9.78. The van der Waals surface area contributed by atoms with Crippen molar-refractivity contribution in [2.24, 2.45) is 5.73 Å². The number of aromatic nitrogens is 2. The number of rotatable bonds is 8. The number of alkyl halides is 3. The molecule has 1 unspecified atom stereocenters. The molecule has 0 saturated heterocycles. The van der Waals surface area contributed by atoms with Crippen molar-refractivity contribution in [1.29, 1.82) is 0 Å². The van der Waals surface area contributed by atoms with Crippen LogP contribution in [0, 0.1) is 12.7 Å². The van der Waals surface area contributed by atoms with Crippen molar-refractivity contribution in [3.63, 3.8) is 0 Å². The summed E-state index contributed by atoms with van der Waals surface area (Å²) in [5, 5.41) is 2.74. The number of hydrogen-bond acceptors (Lipinski definition) is 7. The van der Waals surface area contributed by atoms with Gasteiger partial charge in [0.15, 0.2) is 5.41 Å². The van der Waals surface area contributed by atoms with Gasteiger partial charge in [-0.25, -0.2) is 14.4 Å². The van der Waals surface area contributed by atoms with Crippen molar-refractivity contribution in [2.45, 2.75) is 30.9 Å². The molecule has 0 radical (unpaired) electrons. The van der Waals surface area contributed by atoms with Gasteiger partial charge in [-0.05, 0) is 44.2 Å². The fourth-order valence-corrected chi connectivity index (χ4v) is 5.72. The van der Waals surface area contributed by atoms with Gasteiger partial charge in [0.05, 0.1) is 11.4 Å². The van der Waals surface area contributed by atoms with E-state index in [1.807, 2.05) is 0 Å². The fourth-order valence-electron chi connectivity index (χ4n) is 4.74. The largest absolute Gasteiger partial charge is 0.489 e. The summed E-state index contributed by atoms with van der Waals surface area (Å²) in [7, 11) is 0. The zero-order valence-electron chi connectivity index (χ0n) is 22.8. The molecule has 0 aliphatic carbocycles. The topological polar surface area (TPSA) is 124 Å². The second-order valence-electron chi connectivity index (χ2n) is 10.3. The summed E-state index contributed by atoms with van der Waals surface area (Å²) in [6.45, 7) is 1.45. The van der Waals surface area contributed by atoms with Gasteiger partial charge in [-0.15, -0.1) is 11.3 Å². The first-order valence-electron chi connectivity index (χ1n) is 12.9. The van der Waals surface area contributed by atoms with Gasteiger partial charge < -0.3 is 20.6 Å². The van der Waals surface area contributed by atoms with Gasteiger partial charge in [-0.3, -0.25) is 9.59 Å². The molecule has 2 amide bonds. The molecule has 1 aliphatic rings. The molecular formula is C30H24F4N4O4S. The molecule has 5 rings (SSSR count). The summed E-state index contributed by atoms with van der Waals surface area (Å²) in [6.07, 6.45) is -5.58. The van der Waals surface area contributed by atoms with Crippen molar-refractivity contribution >= 4 is 29.4 Å². The average Bonchev–Trinajstić information content (AvgIpc) is 3.54. The lowest BCUT2D eigenvalue weighted by Gasteiger charge is -2.31. The zero-order chi connectivity index (χ0) is 31.2. The number of ether oxygens (including phenoxy) is 1. The molecule has 0 spiro atoms. The Labute approximate surface area is 246 Å². The van der Waals surface area contributed by atoms with Crippen LogP contribution < -0.4 is 15.8 Å². The van der Waals surface area contributed by atoms with E-state index >= 15 is 0 Å². The third-order valence-corrected chi connectivity index (χ3v) is 8.65. The van der Waals surface area contributed by atoms with E-state index in [9.17, 15) is 31.9 Å². The van der Waals surface area contributed by atoms with E-state index in [4.69, 9.17) is 10.5 Å². The number of primary amides is 1. The highest BCUT2D eigenvalue weighted by atomic mass is 32.1. The lowest BCUT2D eigenvalue weighted by molar-refractivity contribution is -0.186. The molecular weight excluding hydrogens is 588 g/mol. The summed E-state index contributed by atoms with van der Waals surface area (Å²) in [5.74, 6) is -2.36. The number of aryl methyl sites for hydroxylation is 1. The van der Waals surface area contributed by atoms with Gasteiger partial charge in [0, 0.05) is 23.2 Å². The minimum atomic E-state index is -5.25. The first kappa shape index (κ1) is 29.8. The maximum absolute atomic E-state index is 14.9. The molecule has 3 N–H and O–H groups in total. The number of nitrogens with zero attached hydrogens (tertiary/aromatic N) is 2. The number of amides is 2. The third kappa shape index (κ3) is 5.13. The van der Waals surface area contributed by atoms with Crippen LogP contribution in [0.1, 0.15) is 33.5 Å². The second kappa shape index (κ2) is 10.9. The SMILES string of the molecule is Cc1nc(-c2ccccc2)sc1C(=O)NCC(C=O)(c1cc2c(c(-c3ccc(F)cc3)n1)OC[C@]2(C)C(N)=O)C(F)(F)F. The highest BCUT2D eigenvalue weighted by Crippen LogP contribution is 2.48. The van der Waals surface area contributed by atoms with Crippen LogP contribution in [-0.4, -0.2) is 47.4 Å². The van der Waals surface area contributed by atoms with Crippen LogP contribution in [0.3, 0.4) is 0 Å². The van der Waals surface area contributed by atoms with Crippen LogP contribution in [0.25, 0.3) is 21.8 Å². The van der Waals surface area contributed by atoms with E-state index in [0.717, 1.165) is 35.1 Å². The molecule has 13 heteroatoms. The number of benzene rings is 2. The van der Waals surface area contributed by atoms with Gasteiger partial charge in [0.1, 0.15) is 45.5 Å². The molecule has 2 atom stereocenters. The van der Waals surface area contributed by atoms with E-state index in [1.54, 1.807) is 37.3 Å². The minimum absolute atomic E-state index is 0.0167. The molecule has 3 heterocycles. The Kier molecular flexibility index (Phi) is 7.55. The molecule has 1 aliphatic heterocycles. The summed E-state index contributed by atoms with van der Waals surface area (Å²) in [5.41, 5.74) is 0.955. The first-order valence-corrected chi connectivity index (χ1v) is 13.7. The number of hydrogen-bond donors (Lipinski definition) is 2. The lowest BCUT2D eigenvalue weighted by Crippen LogP contribution is -2.53. The van der Waals surface area contributed by atoms with Gasteiger partial charge in [-0.1, -0.05) is 30.3 Å². The van der Waals surface area contributed by atoms with Gasteiger partial charge >= 0.3 is 6.18 Å². The molecule has 43 heavy (non-hydrogen) atoms. The van der Waals surface area contributed by atoms with E-state index in [0.29, 0.717) is 10.7 Å². The Hall–Kier alpha value is -4.65. The minimum Gasteiger partial charge on any atom is -0.489 e. The molecule has 4 aromatic rings. The highest BCUT2D eigenvalue weighted by Gasteiger charge is 2.59. The fraction of sp³-hybridized carbons (Fsp3) is 0.233. The molecule has 8 nitrogen and oxygen atoms in total. The monoisotopic (exact) mass is 612 g/mol. The van der Waals surface area contributed by atoms with Crippen molar-refractivity contribution in [3.8, 4) is 27.6 Å². The first-order chi connectivity index (χ1) is 20.3. The Morgan fingerprint density at radius 1 is 1.09 bits per heavy atom. The summed E-state index contributed by atoms with van der Waals surface area (Å²) in [4.78, 5) is 46.7. The number of carbonyl (C=O) groups is 3. The number of halogens is 4. The van der Waals surface area contributed by atoms with Crippen LogP contribution in [0.4, 0.5) is 17.6 Å². The summed E-state index contributed by atoms with van der Waals surface area (Å²) >= 11 is 0.995. The number of thiazole rings is 1. The molecule has 2 aromatic heterocycles. The van der Waals surface area contributed by atoms with Crippen molar-refractivity contribution in [2.75, 3.05) is 13.2 Å². The highest BCUT2D eigenvalue weighted by molar-refractivity contribution is 7.17.